The maximum absolute atomic E-state index is 13.2. The third kappa shape index (κ3) is 3.39. The molecule has 0 N–H and O–H groups in total. The van der Waals surface area contributed by atoms with E-state index >= 15 is 0 Å². The molecule has 1 spiro atoms. The minimum atomic E-state index is -4.37. The smallest absolute Gasteiger partial charge is 0.435 e. The van der Waals surface area contributed by atoms with Crippen molar-refractivity contribution in [1.29, 1.82) is 0 Å². The SMILES string of the molecule is [O-][S+]1CC2(CCN(C3CCC(c4cc(C(F)(F)F)nn4C4CCC4)CC3)C2)C1. The lowest BCUT2D eigenvalue weighted by molar-refractivity contribution is -0.141. The van der Waals surface area contributed by atoms with Crippen molar-refractivity contribution < 1.29 is 17.7 Å². The first kappa shape index (κ1) is 19.2. The molecule has 4 aliphatic rings. The summed E-state index contributed by atoms with van der Waals surface area (Å²) in [6.07, 6.45) is 3.72. The number of aromatic nitrogens is 2. The van der Waals surface area contributed by atoms with Crippen molar-refractivity contribution in [3.63, 3.8) is 0 Å². The Bertz CT molecular complexity index is 719. The predicted molar refractivity (Wildman–Crippen MR) is 102 cm³/mol. The van der Waals surface area contributed by atoms with Gasteiger partial charge in [0.15, 0.2) is 5.69 Å². The molecule has 0 amide bonds. The number of hydrogen-bond acceptors (Lipinski definition) is 3. The molecule has 1 aromatic rings. The van der Waals surface area contributed by atoms with Crippen LogP contribution in [0.3, 0.4) is 0 Å². The number of alkyl halides is 3. The lowest BCUT2D eigenvalue weighted by atomic mass is 9.82. The first-order chi connectivity index (χ1) is 13.3. The van der Waals surface area contributed by atoms with Gasteiger partial charge in [-0.3, -0.25) is 9.58 Å². The molecule has 0 unspecified atom stereocenters. The van der Waals surface area contributed by atoms with Gasteiger partial charge < -0.3 is 4.55 Å². The van der Waals surface area contributed by atoms with Gasteiger partial charge in [-0.05, 0) is 64.0 Å². The molecule has 0 aromatic carbocycles. The van der Waals surface area contributed by atoms with Crippen LogP contribution in [-0.2, 0) is 17.4 Å². The van der Waals surface area contributed by atoms with E-state index in [1.807, 2.05) is 0 Å². The summed E-state index contributed by atoms with van der Waals surface area (Å²) in [5.74, 6) is 1.91. The molecule has 1 aromatic heterocycles. The van der Waals surface area contributed by atoms with Crippen molar-refractivity contribution in [3.05, 3.63) is 17.5 Å². The van der Waals surface area contributed by atoms with Crippen molar-refractivity contribution in [2.45, 2.75) is 75.5 Å². The summed E-state index contributed by atoms with van der Waals surface area (Å²) in [6, 6.07) is 2.01. The molecule has 0 atom stereocenters. The number of hydrogen-bond donors (Lipinski definition) is 0. The Balaban J connectivity index is 1.25. The topological polar surface area (TPSA) is 44.1 Å². The zero-order valence-corrected chi connectivity index (χ0v) is 16.9. The number of halogens is 3. The first-order valence-corrected chi connectivity index (χ1v) is 12.1. The van der Waals surface area contributed by atoms with Crippen LogP contribution in [0, 0.1) is 5.41 Å². The maximum atomic E-state index is 13.2. The van der Waals surface area contributed by atoms with E-state index in [2.05, 4.69) is 10.00 Å². The Morgan fingerprint density at radius 2 is 1.79 bits per heavy atom. The van der Waals surface area contributed by atoms with Crippen molar-refractivity contribution >= 4 is 11.2 Å². The Labute approximate surface area is 167 Å². The van der Waals surface area contributed by atoms with E-state index in [0.29, 0.717) is 11.5 Å². The molecule has 5 rings (SSSR count). The maximum Gasteiger partial charge on any atom is 0.435 e. The van der Waals surface area contributed by atoms with E-state index in [0.717, 1.165) is 81.7 Å². The van der Waals surface area contributed by atoms with Crippen LogP contribution in [0.2, 0.25) is 0 Å². The summed E-state index contributed by atoms with van der Waals surface area (Å²) >= 11 is -0.608. The van der Waals surface area contributed by atoms with Crippen LogP contribution in [-0.4, -0.2) is 49.9 Å². The standard InChI is InChI=1S/C20H28F3N3OS/c21-20(22,23)18-10-17(26(24-18)16-2-1-3-16)14-4-6-15(7-5-14)25-9-8-19(11-25)12-28(27)13-19/h10,14-16H,1-9,11-13H2. The van der Waals surface area contributed by atoms with Gasteiger partial charge >= 0.3 is 6.18 Å². The summed E-state index contributed by atoms with van der Waals surface area (Å²) in [6.45, 7) is 2.15. The second kappa shape index (κ2) is 6.91. The molecular weight excluding hydrogens is 387 g/mol. The summed E-state index contributed by atoms with van der Waals surface area (Å²) in [5, 5.41) is 3.97. The van der Waals surface area contributed by atoms with Gasteiger partial charge in [0.2, 0.25) is 0 Å². The second-order valence-corrected chi connectivity index (χ2v) is 10.9. The fraction of sp³-hybridized carbons (Fsp3) is 0.850. The minimum absolute atomic E-state index is 0.154. The molecule has 4 fully saturated rings. The van der Waals surface area contributed by atoms with Crippen molar-refractivity contribution in [3.8, 4) is 0 Å². The zero-order valence-electron chi connectivity index (χ0n) is 16.1. The van der Waals surface area contributed by atoms with Crippen LogP contribution in [0.1, 0.15) is 74.7 Å². The summed E-state index contributed by atoms with van der Waals surface area (Å²) in [5.41, 5.74) is 0.380. The molecule has 28 heavy (non-hydrogen) atoms. The predicted octanol–water partition coefficient (Wildman–Crippen LogP) is 4.11. The zero-order chi connectivity index (χ0) is 19.5. The summed E-state index contributed by atoms with van der Waals surface area (Å²) < 4.78 is 53.0. The van der Waals surface area contributed by atoms with E-state index in [1.54, 1.807) is 4.68 Å². The van der Waals surface area contributed by atoms with Crippen molar-refractivity contribution in [2.75, 3.05) is 24.6 Å². The minimum Gasteiger partial charge on any atom is -0.616 e. The van der Waals surface area contributed by atoms with Crippen molar-refractivity contribution in [2.24, 2.45) is 5.41 Å². The average molecular weight is 416 g/mol. The van der Waals surface area contributed by atoms with E-state index < -0.39 is 23.0 Å². The Morgan fingerprint density at radius 3 is 2.36 bits per heavy atom. The lowest BCUT2D eigenvalue weighted by Gasteiger charge is -2.40. The van der Waals surface area contributed by atoms with Gasteiger partial charge in [0.1, 0.15) is 11.5 Å². The van der Waals surface area contributed by atoms with Gasteiger partial charge in [0.05, 0.1) is 11.5 Å². The van der Waals surface area contributed by atoms with E-state index in [9.17, 15) is 17.7 Å². The molecule has 156 valence electrons. The van der Waals surface area contributed by atoms with Gasteiger partial charge in [0, 0.05) is 24.2 Å². The Hall–Kier alpha value is -0.730. The molecule has 3 heterocycles. The second-order valence-electron chi connectivity index (χ2n) is 9.44. The van der Waals surface area contributed by atoms with Gasteiger partial charge in [-0.1, -0.05) is 11.2 Å². The Morgan fingerprint density at radius 1 is 1.07 bits per heavy atom. The van der Waals surface area contributed by atoms with Crippen LogP contribution in [0.15, 0.2) is 6.07 Å². The monoisotopic (exact) mass is 415 g/mol. The fourth-order valence-electron chi connectivity index (χ4n) is 5.67. The van der Waals surface area contributed by atoms with Crippen LogP contribution >= 0.6 is 0 Å². The van der Waals surface area contributed by atoms with Crippen LogP contribution in [0.25, 0.3) is 0 Å². The highest BCUT2D eigenvalue weighted by atomic mass is 32.2. The molecule has 2 aliphatic carbocycles. The highest BCUT2D eigenvalue weighted by Gasteiger charge is 2.53. The van der Waals surface area contributed by atoms with Crippen LogP contribution < -0.4 is 0 Å². The molecule has 2 saturated heterocycles. The molecule has 2 aliphatic heterocycles. The molecule has 4 nitrogen and oxygen atoms in total. The van der Waals surface area contributed by atoms with Gasteiger partial charge in [-0.15, -0.1) is 0 Å². The molecule has 0 bridgehead atoms. The van der Waals surface area contributed by atoms with Crippen molar-refractivity contribution in [1.82, 2.24) is 14.7 Å². The quantitative estimate of drug-likeness (QED) is 0.698. The number of rotatable bonds is 3. The van der Waals surface area contributed by atoms with E-state index in [-0.39, 0.29) is 12.0 Å². The lowest BCUT2D eigenvalue weighted by Crippen LogP contribution is -2.51. The van der Waals surface area contributed by atoms with E-state index in [1.165, 1.54) is 6.07 Å². The normalized spacial score (nSPS) is 37.2. The van der Waals surface area contributed by atoms with Gasteiger partial charge in [-0.2, -0.15) is 18.3 Å². The third-order valence-corrected chi connectivity index (χ3v) is 9.38. The first-order valence-electron chi connectivity index (χ1n) is 10.6. The van der Waals surface area contributed by atoms with Gasteiger partial charge in [0.25, 0.3) is 0 Å². The molecular formula is C20H28F3N3OS. The highest BCUT2D eigenvalue weighted by molar-refractivity contribution is 7.92. The number of nitrogens with zero attached hydrogens (tertiary/aromatic N) is 3. The molecule has 8 heteroatoms. The average Bonchev–Trinajstić information content (AvgIpc) is 3.18. The fourth-order valence-corrected chi connectivity index (χ4v) is 7.42. The Kier molecular flexibility index (Phi) is 4.75. The third-order valence-electron chi connectivity index (χ3n) is 7.51. The highest BCUT2D eigenvalue weighted by Crippen LogP contribution is 2.45. The van der Waals surface area contributed by atoms with Crippen LogP contribution in [0.5, 0.6) is 0 Å². The number of likely N-dealkylation sites (tertiary alicyclic amines) is 1. The molecule has 2 saturated carbocycles. The van der Waals surface area contributed by atoms with Gasteiger partial charge in [-0.25, -0.2) is 0 Å². The summed E-state index contributed by atoms with van der Waals surface area (Å²) in [7, 11) is 0. The summed E-state index contributed by atoms with van der Waals surface area (Å²) in [4.78, 5) is 2.57. The largest absolute Gasteiger partial charge is 0.616 e. The van der Waals surface area contributed by atoms with E-state index in [4.69, 9.17) is 0 Å². The van der Waals surface area contributed by atoms with Crippen LogP contribution in [0.4, 0.5) is 13.2 Å². The molecule has 0 radical (unpaired) electrons.